The Hall–Kier alpha value is -0.786. The monoisotopic (exact) mass is 312 g/mol. The second-order valence-electron chi connectivity index (χ2n) is 7.00. The van der Waals surface area contributed by atoms with Crippen molar-refractivity contribution in [3.63, 3.8) is 0 Å². The molecule has 0 radical (unpaired) electrons. The molecule has 5 heteroatoms. The highest BCUT2D eigenvalue weighted by atomic mass is 28.4. The standard InChI is InChI=1S/C15H28O3Si2/c1-12(17-19(3,4)5)13-9-10-14(15(11-13)16-2)18-20(6,7)8/h9-12H,1-8H3. The lowest BCUT2D eigenvalue weighted by molar-refractivity contribution is 0.218. The molecule has 0 heterocycles. The quantitative estimate of drug-likeness (QED) is 0.705. The maximum Gasteiger partial charge on any atom is 0.242 e. The molecule has 1 rings (SSSR count). The lowest BCUT2D eigenvalue weighted by Gasteiger charge is -2.25. The van der Waals surface area contributed by atoms with Crippen molar-refractivity contribution >= 4 is 16.6 Å². The molecular weight excluding hydrogens is 284 g/mol. The largest absolute Gasteiger partial charge is 0.542 e. The molecule has 0 N–H and O–H groups in total. The van der Waals surface area contributed by atoms with Crippen LogP contribution in [0.5, 0.6) is 11.5 Å². The average Bonchev–Trinajstić information content (AvgIpc) is 2.25. The van der Waals surface area contributed by atoms with Gasteiger partial charge in [-0.1, -0.05) is 6.07 Å². The van der Waals surface area contributed by atoms with E-state index in [2.05, 4.69) is 52.3 Å². The van der Waals surface area contributed by atoms with Crippen LogP contribution >= 0.6 is 0 Å². The lowest BCUT2D eigenvalue weighted by Crippen LogP contribution is -2.29. The highest BCUT2D eigenvalue weighted by Gasteiger charge is 2.22. The van der Waals surface area contributed by atoms with Gasteiger partial charge >= 0.3 is 0 Å². The van der Waals surface area contributed by atoms with Crippen LogP contribution in [0.1, 0.15) is 18.6 Å². The van der Waals surface area contributed by atoms with Gasteiger partial charge in [0.1, 0.15) is 5.75 Å². The maximum absolute atomic E-state index is 6.12. The molecule has 0 saturated heterocycles. The van der Waals surface area contributed by atoms with Gasteiger partial charge in [-0.3, -0.25) is 0 Å². The van der Waals surface area contributed by atoms with Crippen LogP contribution in [0.2, 0.25) is 39.3 Å². The molecule has 1 unspecified atom stereocenters. The van der Waals surface area contributed by atoms with Crippen molar-refractivity contribution in [3.8, 4) is 11.5 Å². The van der Waals surface area contributed by atoms with Crippen molar-refractivity contribution < 1.29 is 13.6 Å². The minimum Gasteiger partial charge on any atom is -0.542 e. The van der Waals surface area contributed by atoms with E-state index in [1.807, 2.05) is 12.1 Å². The smallest absolute Gasteiger partial charge is 0.242 e. The lowest BCUT2D eigenvalue weighted by atomic mass is 10.1. The first-order valence-electron chi connectivity index (χ1n) is 7.06. The van der Waals surface area contributed by atoms with E-state index in [4.69, 9.17) is 13.6 Å². The van der Waals surface area contributed by atoms with Crippen molar-refractivity contribution in [3.05, 3.63) is 23.8 Å². The summed E-state index contributed by atoms with van der Waals surface area (Å²) in [4.78, 5) is 0. The fraction of sp³-hybridized carbons (Fsp3) is 0.600. The van der Waals surface area contributed by atoms with Crippen LogP contribution in [0.15, 0.2) is 18.2 Å². The third-order valence-electron chi connectivity index (χ3n) is 2.60. The van der Waals surface area contributed by atoms with E-state index in [9.17, 15) is 0 Å². The molecule has 0 aliphatic rings. The Bertz CT molecular complexity index is 447. The third kappa shape index (κ3) is 5.68. The van der Waals surface area contributed by atoms with Crippen LogP contribution in [0.25, 0.3) is 0 Å². The number of ether oxygens (including phenoxy) is 1. The van der Waals surface area contributed by atoms with Gasteiger partial charge < -0.3 is 13.6 Å². The topological polar surface area (TPSA) is 27.7 Å². The van der Waals surface area contributed by atoms with Crippen molar-refractivity contribution in [2.75, 3.05) is 7.11 Å². The molecule has 3 nitrogen and oxygen atoms in total. The average molecular weight is 313 g/mol. The Morgan fingerprint density at radius 2 is 1.50 bits per heavy atom. The zero-order valence-corrected chi connectivity index (χ0v) is 16.0. The van der Waals surface area contributed by atoms with Crippen LogP contribution in [-0.2, 0) is 4.43 Å². The van der Waals surface area contributed by atoms with E-state index in [1.54, 1.807) is 7.11 Å². The van der Waals surface area contributed by atoms with Gasteiger partial charge in [0.15, 0.2) is 14.1 Å². The van der Waals surface area contributed by atoms with Crippen molar-refractivity contribution in [2.24, 2.45) is 0 Å². The molecule has 0 amide bonds. The predicted molar refractivity (Wildman–Crippen MR) is 89.8 cm³/mol. The number of hydrogen-bond acceptors (Lipinski definition) is 3. The Morgan fingerprint density at radius 1 is 0.900 bits per heavy atom. The zero-order chi connectivity index (χ0) is 15.6. The van der Waals surface area contributed by atoms with Gasteiger partial charge in [-0.05, 0) is 63.9 Å². The fourth-order valence-corrected chi connectivity index (χ4v) is 3.97. The minimum atomic E-state index is -1.63. The number of hydrogen-bond donors (Lipinski definition) is 0. The van der Waals surface area contributed by atoms with Gasteiger partial charge in [0.25, 0.3) is 0 Å². The van der Waals surface area contributed by atoms with E-state index in [-0.39, 0.29) is 6.10 Å². The molecule has 0 aromatic heterocycles. The summed E-state index contributed by atoms with van der Waals surface area (Å²) in [7, 11) is -1.50. The molecule has 20 heavy (non-hydrogen) atoms. The fourth-order valence-electron chi connectivity index (χ4n) is 1.95. The highest BCUT2D eigenvalue weighted by molar-refractivity contribution is 6.70. The van der Waals surface area contributed by atoms with E-state index in [0.29, 0.717) is 0 Å². The zero-order valence-electron chi connectivity index (χ0n) is 14.0. The number of benzene rings is 1. The number of rotatable bonds is 6. The molecule has 0 saturated carbocycles. The van der Waals surface area contributed by atoms with Gasteiger partial charge in [0.05, 0.1) is 13.2 Å². The predicted octanol–water partition coefficient (Wildman–Crippen LogP) is 4.82. The van der Waals surface area contributed by atoms with Gasteiger partial charge in [-0.2, -0.15) is 0 Å². The normalized spacial score (nSPS) is 14.0. The summed E-state index contributed by atoms with van der Waals surface area (Å²) in [5, 5.41) is 0. The summed E-state index contributed by atoms with van der Waals surface area (Å²) in [5.74, 6) is 1.62. The molecule has 114 valence electrons. The molecule has 1 aromatic carbocycles. The highest BCUT2D eigenvalue weighted by Crippen LogP contribution is 2.33. The van der Waals surface area contributed by atoms with Gasteiger partial charge in [-0.25, -0.2) is 0 Å². The Labute approximate surface area is 125 Å². The first kappa shape index (κ1) is 17.3. The molecule has 1 aromatic rings. The Morgan fingerprint density at radius 3 is 1.95 bits per heavy atom. The van der Waals surface area contributed by atoms with E-state index < -0.39 is 16.6 Å². The summed E-state index contributed by atoms with van der Waals surface area (Å²) in [6.45, 7) is 15.2. The van der Waals surface area contributed by atoms with Gasteiger partial charge in [0, 0.05) is 0 Å². The van der Waals surface area contributed by atoms with Crippen molar-refractivity contribution in [2.45, 2.75) is 52.3 Å². The Kier molecular flexibility index (Phi) is 5.46. The van der Waals surface area contributed by atoms with Crippen LogP contribution in [0.4, 0.5) is 0 Å². The molecule has 0 fully saturated rings. The second-order valence-corrected chi connectivity index (χ2v) is 15.9. The molecular formula is C15H28O3Si2. The van der Waals surface area contributed by atoms with Gasteiger partial charge in [-0.15, -0.1) is 0 Å². The second kappa shape index (κ2) is 6.32. The third-order valence-corrected chi connectivity index (χ3v) is 4.50. The van der Waals surface area contributed by atoms with Crippen LogP contribution in [-0.4, -0.2) is 23.7 Å². The van der Waals surface area contributed by atoms with Crippen LogP contribution < -0.4 is 9.16 Å². The van der Waals surface area contributed by atoms with E-state index in [1.165, 1.54) is 0 Å². The summed E-state index contributed by atoms with van der Waals surface area (Å²) in [5.41, 5.74) is 1.13. The molecule has 0 aliphatic heterocycles. The Balaban J connectivity index is 2.97. The maximum atomic E-state index is 6.12. The molecule has 0 spiro atoms. The van der Waals surface area contributed by atoms with Crippen LogP contribution in [0, 0.1) is 0 Å². The summed E-state index contributed by atoms with van der Waals surface area (Å²) < 4.78 is 17.6. The molecule has 1 atom stereocenters. The minimum absolute atomic E-state index is 0.0801. The van der Waals surface area contributed by atoms with Crippen molar-refractivity contribution in [1.82, 2.24) is 0 Å². The summed E-state index contributed by atoms with van der Waals surface area (Å²) in [6, 6.07) is 6.10. The van der Waals surface area contributed by atoms with Crippen LogP contribution in [0.3, 0.4) is 0 Å². The first-order valence-corrected chi connectivity index (χ1v) is 13.9. The molecule has 0 aliphatic carbocycles. The van der Waals surface area contributed by atoms with E-state index >= 15 is 0 Å². The molecule has 0 bridgehead atoms. The van der Waals surface area contributed by atoms with Crippen molar-refractivity contribution in [1.29, 1.82) is 0 Å². The van der Waals surface area contributed by atoms with Gasteiger partial charge in [0.2, 0.25) is 8.32 Å². The SMILES string of the molecule is COc1cc(C(C)O[Si](C)(C)C)ccc1O[Si](C)(C)C. The summed E-state index contributed by atoms with van der Waals surface area (Å²) in [6.07, 6.45) is 0.0801. The number of methoxy groups -OCH3 is 1. The van der Waals surface area contributed by atoms with E-state index in [0.717, 1.165) is 17.1 Å². The summed E-state index contributed by atoms with van der Waals surface area (Å²) >= 11 is 0. The first-order chi connectivity index (χ1) is 9.02.